The van der Waals surface area contributed by atoms with Gasteiger partial charge in [-0.2, -0.15) is 0 Å². The molecule has 0 aliphatic heterocycles. The minimum absolute atomic E-state index is 0. The maximum Gasteiger partial charge on any atom is 0.224 e. The van der Waals surface area contributed by atoms with E-state index in [0.717, 1.165) is 18.4 Å². The number of hydrogen-bond donors (Lipinski definition) is 2. The minimum atomic E-state index is -0.348. The molecule has 20 heavy (non-hydrogen) atoms. The second kappa shape index (κ2) is 8.60. The third kappa shape index (κ3) is 5.77. The number of nitrogens with two attached hydrogens (primary N) is 1. The van der Waals surface area contributed by atoms with Crippen molar-refractivity contribution >= 4 is 34.2 Å². The zero-order valence-electron chi connectivity index (χ0n) is 11.7. The molecule has 114 valence electrons. The van der Waals surface area contributed by atoms with Crippen LogP contribution in [0.3, 0.4) is 0 Å². The van der Waals surface area contributed by atoms with Crippen molar-refractivity contribution < 1.29 is 9.18 Å². The zero-order chi connectivity index (χ0) is 14.5. The van der Waals surface area contributed by atoms with Crippen LogP contribution < -0.4 is 11.1 Å². The Bertz CT molecular complexity index is 453. The van der Waals surface area contributed by atoms with Crippen LogP contribution in [0, 0.1) is 5.82 Å². The Kier molecular flexibility index (Phi) is 8.32. The summed E-state index contributed by atoms with van der Waals surface area (Å²) in [5.41, 5.74) is 6.53. The largest absolute Gasteiger partial charge is 0.354 e. The van der Waals surface area contributed by atoms with E-state index in [1.54, 1.807) is 12.1 Å². The first-order chi connectivity index (χ1) is 8.90. The second-order valence-electron chi connectivity index (χ2n) is 4.77. The maximum absolute atomic E-state index is 13.1. The second-order valence-corrected chi connectivity index (χ2v) is 5.63. The highest BCUT2D eigenvalue weighted by atomic mass is 79.9. The van der Waals surface area contributed by atoms with Crippen molar-refractivity contribution in [3.8, 4) is 0 Å². The van der Waals surface area contributed by atoms with E-state index in [4.69, 9.17) is 5.73 Å². The quantitative estimate of drug-likeness (QED) is 0.811. The standard InChI is InChI=1S/C14H20BrFN2O.ClH/c1-3-14(17,4-2)9-18-13(19)8-10-5-6-12(16)11(15)7-10;/h5-7H,3-4,8-9,17H2,1-2H3,(H,18,19);1H. The van der Waals surface area contributed by atoms with Crippen LogP contribution in [0.5, 0.6) is 0 Å². The van der Waals surface area contributed by atoms with Crippen LogP contribution in [0.15, 0.2) is 22.7 Å². The summed E-state index contributed by atoms with van der Waals surface area (Å²) in [5, 5.41) is 2.83. The van der Waals surface area contributed by atoms with E-state index in [-0.39, 0.29) is 36.1 Å². The Balaban J connectivity index is 0.00000361. The summed E-state index contributed by atoms with van der Waals surface area (Å²) >= 11 is 3.10. The first kappa shape index (κ1) is 19.4. The molecule has 0 spiro atoms. The summed E-state index contributed by atoms with van der Waals surface area (Å²) in [5.74, 6) is -0.433. The fourth-order valence-corrected chi connectivity index (χ4v) is 2.10. The smallest absolute Gasteiger partial charge is 0.224 e. The van der Waals surface area contributed by atoms with Crippen LogP contribution in [-0.4, -0.2) is 18.0 Å². The van der Waals surface area contributed by atoms with Crippen molar-refractivity contribution in [3.05, 3.63) is 34.1 Å². The first-order valence-electron chi connectivity index (χ1n) is 6.39. The first-order valence-corrected chi connectivity index (χ1v) is 7.19. The number of carbonyl (C=O) groups is 1. The molecule has 0 fully saturated rings. The topological polar surface area (TPSA) is 55.1 Å². The number of halogens is 3. The van der Waals surface area contributed by atoms with Crippen molar-refractivity contribution in [2.45, 2.75) is 38.6 Å². The van der Waals surface area contributed by atoms with E-state index in [2.05, 4.69) is 21.2 Å². The molecule has 0 heterocycles. The molecule has 0 atom stereocenters. The summed E-state index contributed by atoms with van der Waals surface area (Å²) < 4.78 is 13.4. The van der Waals surface area contributed by atoms with Gasteiger partial charge in [-0.05, 0) is 46.5 Å². The van der Waals surface area contributed by atoms with Crippen molar-refractivity contribution in [2.24, 2.45) is 5.73 Å². The predicted octanol–water partition coefficient (Wildman–Crippen LogP) is 3.19. The highest BCUT2D eigenvalue weighted by molar-refractivity contribution is 9.10. The van der Waals surface area contributed by atoms with Crippen molar-refractivity contribution in [1.82, 2.24) is 5.32 Å². The van der Waals surface area contributed by atoms with Crippen molar-refractivity contribution in [2.75, 3.05) is 6.54 Å². The van der Waals surface area contributed by atoms with Gasteiger partial charge < -0.3 is 11.1 Å². The van der Waals surface area contributed by atoms with Crippen LogP contribution in [0.4, 0.5) is 4.39 Å². The normalized spacial score (nSPS) is 10.8. The third-order valence-corrected chi connectivity index (χ3v) is 4.00. The lowest BCUT2D eigenvalue weighted by Crippen LogP contribution is -2.49. The molecule has 3 nitrogen and oxygen atoms in total. The number of hydrogen-bond acceptors (Lipinski definition) is 2. The molecular formula is C14H21BrClFN2O. The van der Waals surface area contributed by atoms with E-state index in [1.807, 2.05) is 13.8 Å². The van der Waals surface area contributed by atoms with E-state index in [9.17, 15) is 9.18 Å². The summed E-state index contributed by atoms with van der Waals surface area (Å²) in [4.78, 5) is 11.8. The molecular weight excluding hydrogens is 347 g/mol. The van der Waals surface area contributed by atoms with Gasteiger partial charge in [0.2, 0.25) is 5.91 Å². The van der Waals surface area contributed by atoms with E-state index in [0.29, 0.717) is 11.0 Å². The Hall–Kier alpha value is -0.650. The molecule has 3 N–H and O–H groups in total. The molecule has 1 rings (SSSR count). The SMILES string of the molecule is CCC(N)(CC)CNC(=O)Cc1ccc(F)c(Br)c1.Cl. The highest BCUT2D eigenvalue weighted by Crippen LogP contribution is 2.17. The van der Waals surface area contributed by atoms with Gasteiger partial charge in [0.05, 0.1) is 10.9 Å². The van der Waals surface area contributed by atoms with Gasteiger partial charge in [-0.25, -0.2) is 4.39 Å². The molecule has 0 radical (unpaired) electrons. The van der Waals surface area contributed by atoms with Gasteiger partial charge in [0.1, 0.15) is 5.82 Å². The van der Waals surface area contributed by atoms with Crippen LogP contribution in [-0.2, 0) is 11.2 Å². The van der Waals surface area contributed by atoms with Crippen LogP contribution >= 0.6 is 28.3 Å². The monoisotopic (exact) mass is 366 g/mol. The molecule has 1 aromatic carbocycles. The molecule has 0 aliphatic carbocycles. The van der Waals surface area contributed by atoms with Gasteiger partial charge in [-0.15, -0.1) is 12.4 Å². The van der Waals surface area contributed by atoms with Gasteiger partial charge in [0, 0.05) is 12.1 Å². The fraction of sp³-hybridized carbons (Fsp3) is 0.500. The lowest BCUT2D eigenvalue weighted by molar-refractivity contribution is -0.120. The van der Waals surface area contributed by atoms with Gasteiger partial charge >= 0.3 is 0 Å². The number of amides is 1. The van der Waals surface area contributed by atoms with Gasteiger partial charge in [0.25, 0.3) is 0 Å². The van der Waals surface area contributed by atoms with E-state index >= 15 is 0 Å². The molecule has 0 saturated carbocycles. The average molecular weight is 368 g/mol. The van der Waals surface area contributed by atoms with E-state index in [1.165, 1.54) is 6.07 Å². The summed E-state index contributed by atoms with van der Waals surface area (Å²) in [6.45, 7) is 4.47. The lowest BCUT2D eigenvalue weighted by atomic mass is 9.94. The molecule has 1 aromatic rings. The molecule has 0 aromatic heterocycles. The van der Waals surface area contributed by atoms with Gasteiger partial charge in [-0.3, -0.25) is 4.79 Å². The minimum Gasteiger partial charge on any atom is -0.354 e. The highest BCUT2D eigenvalue weighted by Gasteiger charge is 2.20. The van der Waals surface area contributed by atoms with Crippen molar-refractivity contribution in [3.63, 3.8) is 0 Å². The predicted molar refractivity (Wildman–Crippen MR) is 85.6 cm³/mol. The van der Waals surface area contributed by atoms with Crippen LogP contribution in [0.1, 0.15) is 32.3 Å². The number of rotatable bonds is 6. The summed E-state index contributed by atoms with van der Waals surface area (Å²) in [7, 11) is 0. The number of nitrogens with one attached hydrogen (secondary N) is 1. The zero-order valence-corrected chi connectivity index (χ0v) is 14.1. The maximum atomic E-state index is 13.1. The van der Waals surface area contributed by atoms with Crippen LogP contribution in [0.2, 0.25) is 0 Å². The van der Waals surface area contributed by atoms with Crippen LogP contribution in [0.25, 0.3) is 0 Å². The average Bonchev–Trinajstić information content (AvgIpc) is 2.40. The van der Waals surface area contributed by atoms with Crippen molar-refractivity contribution in [1.29, 1.82) is 0 Å². The van der Waals surface area contributed by atoms with E-state index < -0.39 is 0 Å². The summed E-state index contributed by atoms with van der Waals surface area (Å²) in [6.07, 6.45) is 1.85. The third-order valence-electron chi connectivity index (χ3n) is 3.39. The Morgan fingerprint density at radius 1 is 1.40 bits per heavy atom. The van der Waals surface area contributed by atoms with Gasteiger partial charge in [-0.1, -0.05) is 19.9 Å². The van der Waals surface area contributed by atoms with Gasteiger partial charge in [0.15, 0.2) is 0 Å². The summed E-state index contributed by atoms with van der Waals surface area (Å²) in [6, 6.07) is 4.57. The Morgan fingerprint density at radius 2 is 2.00 bits per heavy atom. The lowest BCUT2D eigenvalue weighted by Gasteiger charge is -2.26. The molecule has 0 unspecified atom stereocenters. The Morgan fingerprint density at radius 3 is 2.50 bits per heavy atom. The molecule has 0 saturated heterocycles. The molecule has 1 amide bonds. The number of benzene rings is 1. The Labute approximate surface area is 134 Å². The number of carbonyl (C=O) groups excluding carboxylic acids is 1. The fourth-order valence-electron chi connectivity index (χ4n) is 1.67. The molecule has 0 aliphatic rings. The molecule has 0 bridgehead atoms. The molecule has 6 heteroatoms.